The molecule has 0 aromatic carbocycles. The molecule has 11 heteroatoms. The van der Waals surface area contributed by atoms with E-state index >= 15 is 0 Å². The quantitative estimate of drug-likeness (QED) is 0.545. The first-order valence-electron chi connectivity index (χ1n) is 8.83. The molecule has 0 radical (unpaired) electrons. The van der Waals surface area contributed by atoms with Gasteiger partial charge in [0.15, 0.2) is 11.2 Å². The number of carbonyl (C=O) groups is 1. The maximum Gasteiger partial charge on any atom is 0.332 e. The molecular formula is C17H19N7O4. The summed E-state index contributed by atoms with van der Waals surface area (Å²) < 4.78 is 3.70. The lowest BCUT2D eigenvalue weighted by molar-refractivity contribution is -0.122. The van der Waals surface area contributed by atoms with Gasteiger partial charge in [-0.15, -0.1) is 0 Å². The van der Waals surface area contributed by atoms with Crippen molar-refractivity contribution in [1.29, 1.82) is 0 Å². The predicted octanol–water partition coefficient (Wildman–Crippen LogP) is -1.81. The second-order valence-corrected chi connectivity index (χ2v) is 6.96. The molecule has 3 heterocycles. The van der Waals surface area contributed by atoms with Crippen LogP contribution in [-0.2, 0) is 38.3 Å². The third kappa shape index (κ3) is 2.94. The molecule has 4 rings (SSSR count). The van der Waals surface area contributed by atoms with Crippen LogP contribution in [0.25, 0.3) is 11.2 Å². The lowest BCUT2D eigenvalue weighted by Crippen LogP contribution is -2.41. The number of fused-ring (bicyclic) bond motifs is 2. The fourth-order valence-electron chi connectivity index (χ4n) is 3.61. The molecule has 0 spiro atoms. The maximum absolute atomic E-state index is 12.5. The first kappa shape index (κ1) is 17.9. The van der Waals surface area contributed by atoms with E-state index in [0.717, 1.165) is 15.8 Å². The number of carbonyl (C=O) groups excluding carboxylic acids is 1. The molecule has 3 aromatic heterocycles. The molecule has 0 saturated heterocycles. The topological polar surface area (TPSA) is 137 Å². The monoisotopic (exact) mass is 385 g/mol. The van der Waals surface area contributed by atoms with Crippen molar-refractivity contribution in [3.63, 3.8) is 0 Å². The number of hydrogen-bond acceptors (Lipinski definition) is 6. The molecule has 0 saturated carbocycles. The summed E-state index contributed by atoms with van der Waals surface area (Å²) in [6.45, 7) is -0.0963. The summed E-state index contributed by atoms with van der Waals surface area (Å²) in [5.74, 6) is -0.276. The van der Waals surface area contributed by atoms with Gasteiger partial charge < -0.3 is 9.88 Å². The Hall–Kier alpha value is -3.50. The zero-order valence-corrected chi connectivity index (χ0v) is 15.4. The van der Waals surface area contributed by atoms with Gasteiger partial charge in [0.2, 0.25) is 5.91 Å². The molecule has 3 aromatic rings. The molecule has 1 unspecified atom stereocenters. The largest absolute Gasteiger partial charge is 0.351 e. The van der Waals surface area contributed by atoms with Gasteiger partial charge in [-0.2, -0.15) is 5.10 Å². The Balaban J connectivity index is 1.54. The minimum absolute atomic E-state index is 0.0963. The summed E-state index contributed by atoms with van der Waals surface area (Å²) in [6, 6.07) is 1.39. The molecule has 2 N–H and O–H groups in total. The predicted molar refractivity (Wildman–Crippen MR) is 99.0 cm³/mol. The van der Waals surface area contributed by atoms with Crippen molar-refractivity contribution in [3.8, 4) is 0 Å². The molecule has 0 fully saturated rings. The van der Waals surface area contributed by atoms with E-state index in [4.69, 9.17) is 0 Å². The fraction of sp³-hybridized carbons (Fsp3) is 0.412. The molecule has 1 aliphatic carbocycles. The number of H-pyrrole nitrogens is 1. The number of nitrogens with one attached hydrogen (secondary N) is 2. The van der Waals surface area contributed by atoms with Crippen molar-refractivity contribution in [1.82, 2.24) is 34.2 Å². The Morgan fingerprint density at radius 3 is 2.86 bits per heavy atom. The molecule has 1 atom stereocenters. The molecule has 0 aliphatic heterocycles. The number of aryl methyl sites for hydroxylation is 2. The number of nitrogens with zero attached hydrogens (tertiary/aromatic N) is 5. The van der Waals surface area contributed by atoms with Crippen molar-refractivity contribution in [3.05, 3.63) is 54.8 Å². The van der Waals surface area contributed by atoms with E-state index in [2.05, 4.69) is 20.5 Å². The van der Waals surface area contributed by atoms with Crippen LogP contribution in [0.2, 0.25) is 0 Å². The van der Waals surface area contributed by atoms with Gasteiger partial charge in [0.05, 0.1) is 12.0 Å². The number of imidazole rings is 1. The van der Waals surface area contributed by atoms with E-state index < -0.39 is 11.2 Å². The highest BCUT2D eigenvalue weighted by atomic mass is 16.2. The van der Waals surface area contributed by atoms with Crippen molar-refractivity contribution in [2.75, 3.05) is 0 Å². The van der Waals surface area contributed by atoms with Crippen molar-refractivity contribution in [2.24, 2.45) is 14.1 Å². The third-order valence-corrected chi connectivity index (χ3v) is 5.07. The second-order valence-electron chi connectivity index (χ2n) is 6.96. The Morgan fingerprint density at radius 2 is 2.07 bits per heavy atom. The second kappa shape index (κ2) is 6.59. The fourth-order valence-corrected chi connectivity index (χ4v) is 3.61. The van der Waals surface area contributed by atoms with Gasteiger partial charge in [-0.05, 0) is 24.8 Å². The van der Waals surface area contributed by atoms with Crippen LogP contribution >= 0.6 is 0 Å². The number of amides is 1. The standard InChI is InChI=1S/C17H19N7O4/c1-22-15-14(16(27)23(2)17(22)28)24(8-18-15)7-13(26)19-10-3-4-11-9(5-10)6-12(25)21-20-11/h6,8,10H,3-5,7H2,1-2H3,(H,19,26)(H,21,25). The highest BCUT2D eigenvalue weighted by Gasteiger charge is 2.22. The van der Waals surface area contributed by atoms with E-state index in [9.17, 15) is 19.2 Å². The van der Waals surface area contributed by atoms with Gasteiger partial charge in [0.1, 0.15) is 6.54 Å². The SMILES string of the molecule is Cn1c(=O)c2c(ncn2CC(=O)NC2CCc3n[nH]c(=O)cc3C2)n(C)c1=O. The maximum atomic E-state index is 12.5. The number of aromatic nitrogens is 6. The highest BCUT2D eigenvalue weighted by molar-refractivity contribution is 5.79. The van der Waals surface area contributed by atoms with E-state index in [1.54, 1.807) is 0 Å². The molecule has 1 aliphatic rings. The van der Waals surface area contributed by atoms with E-state index in [-0.39, 0.29) is 35.2 Å². The smallest absolute Gasteiger partial charge is 0.332 e. The molecule has 28 heavy (non-hydrogen) atoms. The van der Waals surface area contributed by atoms with Gasteiger partial charge in [-0.3, -0.25) is 23.5 Å². The van der Waals surface area contributed by atoms with Crippen LogP contribution in [0.15, 0.2) is 26.8 Å². The van der Waals surface area contributed by atoms with Gasteiger partial charge in [0.25, 0.3) is 11.1 Å². The zero-order valence-electron chi connectivity index (χ0n) is 15.4. The molecule has 0 bridgehead atoms. The summed E-state index contributed by atoms with van der Waals surface area (Å²) in [7, 11) is 2.91. The number of rotatable bonds is 3. The van der Waals surface area contributed by atoms with Gasteiger partial charge in [-0.1, -0.05) is 0 Å². The van der Waals surface area contributed by atoms with Crippen LogP contribution in [0.3, 0.4) is 0 Å². The minimum atomic E-state index is -0.500. The van der Waals surface area contributed by atoms with Crippen LogP contribution in [0.4, 0.5) is 0 Å². The van der Waals surface area contributed by atoms with Crippen LogP contribution < -0.4 is 22.1 Å². The highest BCUT2D eigenvalue weighted by Crippen LogP contribution is 2.17. The molecule has 146 valence electrons. The molecule has 11 nitrogen and oxygen atoms in total. The summed E-state index contributed by atoms with van der Waals surface area (Å²) in [5, 5.41) is 9.39. The molecular weight excluding hydrogens is 366 g/mol. The summed E-state index contributed by atoms with van der Waals surface area (Å²) >= 11 is 0. The number of hydrogen-bond donors (Lipinski definition) is 2. The third-order valence-electron chi connectivity index (χ3n) is 5.07. The average molecular weight is 385 g/mol. The number of aromatic amines is 1. The lowest BCUT2D eigenvalue weighted by atomic mass is 9.92. The van der Waals surface area contributed by atoms with Crippen LogP contribution in [0.1, 0.15) is 17.7 Å². The normalized spacial score (nSPS) is 16.1. The summed E-state index contributed by atoms with van der Waals surface area (Å²) in [6.07, 6.45) is 3.27. The first-order valence-corrected chi connectivity index (χ1v) is 8.83. The van der Waals surface area contributed by atoms with Gasteiger partial charge >= 0.3 is 5.69 Å². The average Bonchev–Trinajstić information content (AvgIpc) is 3.07. The Labute approximate surface area is 157 Å². The van der Waals surface area contributed by atoms with Crippen LogP contribution in [0, 0.1) is 0 Å². The Morgan fingerprint density at radius 1 is 1.29 bits per heavy atom. The summed E-state index contributed by atoms with van der Waals surface area (Å²) in [4.78, 5) is 52.5. The van der Waals surface area contributed by atoms with Gasteiger partial charge in [0, 0.05) is 26.2 Å². The van der Waals surface area contributed by atoms with E-state index in [0.29, 0.717) is 19.3 Å². The summed E-state index contributed by atoms with van der Waals surface area (Å²) in [5.41, 5.74) is 0.865. The minimum Gasteiger partial charge on any atom is -0.351 e. The zero-order chi connectivity index (χ0) is 20.0. The van der Waals surface area contributed by atoms with Crippen molar-refractivity contribution < 1.29 is 4.79 Å². The van der Waals surface area contributed by atoms with Crippen molar-refractivity contribution >= 4 is 17.1 Å². The molecule has 1 amide bonds. The van der Waals surface area contributed by atoms with Crippen LogP contribution in [-0.4, -0.2) is 40.8 Å². The lowest BCUT2D eigenvalue weighted by Gasteiger charge is -2.24. The Bertz CT molecular complexity index is 1260. The van der Waals surface area contributed by atoms with E-state index in [1.165, 1.54) is 35.6 Å². The Kier molecular flexibility index (Phi) is 4.21. The van der Waals surface area contributed by atoms with Gasteiger partial charge in [-0.25, -0.2) is 14.9 Å². The van der Waals surface area contributed by atoms with Crippen molar-refractivity contribution in [2.45, 2.75) is 31.8 Å². The van der Waals surface area contributed by atoms with Crippen LogP contribution in [0.5, 0.6) is 0 Å². The van der Waals surface area contributed by atoms with E-state index in [1.807, 2.05) is 0 Å². The first-order chi connectivity index (χ1) is 13.3.